The van der Waals surface area contributed by atoms with Crippen molar-refractivity contribution >= 4 is 25.7 Å². The van der Waals surface area contributed by atoms with Crippen molar-refractivity contribution < 1.29 is 27.1 Å². The van der Waals surface area contributed by atoms with Crippen LogP contribution < -0.4 is 0 Å². The van der Waals surface area contributed by atoms with Crippen molar-refractivity contribution in [1.29, 1.82) is 0 Å². The normalized spacial score (nSPS) is 13.0. The second-order valence-corrected chi connectivity index (χ2v) is 6.55. The van der Waals surface area contributed by atoms with E-state index >= 15 is 0 Å². The van der Waals surface area contributed by atoms with Crippen LogP contribution in [-0.4, -0.2) is 33.7 Å². The van der Waals surface area contributed by atoms with Crippen molar-refractivity contribution in [3.05, 3.63) is 29.6 Å². The van der Waals surface area contributed by atoms with Crippen LogP contribution in [0.15, 0.2) is 23.1 Å². The van der Waals surface area contributed by atoms with Gasteiger partial charge in [0.05, 0.1) is 17.1 Å². The highest BCUT2D eigenvalue weighted by atomic mass is 35.7. The van der Waals surface area contributed by atoms with E-state index in [4.69, 9.17) is 20.2 Å². The van der Waals surface area contributed by atoms with E-state index in [2.05, 4.69) is 0 Å². The predicted octanol–water partition coefficient (Wildman–Crippen LogP) is 2.33. The first-order valence-corrected chi connectivity index (χ1v) is 8.09. The lowest BCUT2D eigenvalue weighted by Crippen LogP contribution is -2.20. The molecule has 0 saturated heterocycles. The standard InChI is InChI=1S/C12H14ClFO5S/c1-3-18-7-8(2)19-12(15)9-4-10(14)6-11(5-9)20(13,16)17/h4-6,8H,3,7H2,1-2H3. The van der Waals surface area contributed by atoms with Crippen molar-refractivity contribution in [2.45, 2.75) is 24.8 Å². The smallest absolute Gasteiger partial charge is 0.338 e. The van der Waals surface area contributed by atoms with Gasteiger partial charge in [0.1, 0.15) is 11.9 Å². The lowest BCUT2D eigenvalue weighted by atomic mass is 10.2. The maximum Gasteiger partial charge on any atom is 0.338 e. The first-order chi connectivity index (χ1) is 9.24. The quantitative estimate of drug-likeness (QED) is 0.593. The molecule has 0 N–H and O–H groups in total. The Bertz CT molecular complexity index is 588. The molecule has 5 nitrogen and oxygen atoms in total. The molecule has 8 heteroatoms. The van der Waals surface area contributed by atoms with E-state index in [9.17, 15) is 17.6 Å². The van der Waals surface area contributed by atoms with Gasteiger partial charge in [0.2, 0.25) is 0 Å². The summed E-state index contributed by atoms with van der Waals surface area (Å²) >= 11 is 0. The minimum absolute atomic E-state index is 0.193. The molecule has 0 radical (unpaired) electrons. The summed E-state index contributed by atoms with van der Waals surface area (Å²) in [6.45, 7) is 4.06. The molecule has 1 aromatic rings. The Kier molecular flexibility index (Phi) is 5.91. The number of hydrogen-bond donors (Lipinski definition) is 0. The number of rotatable bonds is 6. The second kappa shape index (κ2) is 7.01. The molecule has 1 atom stereocenters. The Morgan fingerprint density at radius 1 is 1.40 bits per heavy atom. The Labute approximate surface area is 121 Å². The van der Waals surface area contributed by atoms with Crippen LogP contribution >= 0.6 is 10.7 Å². The highest BCUT2D eigenvalue weighted by Crippen LogP contribution is 2.19. The van der Waals surface area contributed by atoms with Gasteiger partial charge in [-0.15, -0.1) is 0 Å². The summed E-state index contributed by atoms with van der Waals surface area (Å²) in [7, 11) is 0.991. The van der Waals surface area contributed by atoms with Gasteiger partial charge in [-0.3, -0.25) is 0 Å². The molecule has 1 rings (SSSR count). The number of carbonyl (C=O) groups excluding carboxylic acids is 1. The third-order valence-corrected chi connectivity index (χ3v) is 3.59. The van der Waals surface area contributed by atoms with E-state index in [0.29, 0.717) is 6.61 Å². The van der Waals surface area contributed by atoms with Gasteiger partial charge in [-0.2, -0.15) is 0 Å². The van der Waals surface area contributed by atoms with E-state index in [1.54, 1.807) is 13.8 Å². The Hall–Kier alpha value is -1.18. The molecule has 0 aliphatic rings. The zero-order valence-electron chi connectivity index (χ0n) is 10.9. The average Bonchev–Trinajstić information content (AvgIpc) is 2.34. The number of halogens is 2. The SMILES string of the molecule is CCOCC(C)OC(=O)c1cc(F)cc(S(=O)(=O)Cl)c1. The highest BCUT2D eigenvalue weighted by molar-refractivity contribution is 8.13. The molecule has 20 heavy (non-hydrogen) atoms. The molecule has 0 fully saturated rings. The third-order valence-electron chi connectivity index (χ3n) is 2.25. The van der Waals surface area contributed by atoms with Crippen LogP contribution in [0.5, 0.6) is 0 Å². The fraction of sp³-hybridized carbons (Fsp3) is 0.417. The van der Waals surface area contributed by atoms with Gasteiger partial charge in [0.15, 0.2) is 0 Å². The van der Waals surface area contributed by atoms with Gasteiger partial charge >= 0.3 is 5.97 Å². The highest BCUT2D eigenvalue weighted by Gasteiger charge is 2.18. The molecule has 0 amide bonds. The van der Waals surface area contributed by atoms with Crippen molar-refractivity contribution in [3.8, 4) is 0 Å². The minimum Gasteiger partial charge on any atom is -0.457 e. The maximum absolute atomic E-state index is 13.3. The largest absolute Gasteiger partial charge is 0.457 e. The average molecular weight is 325 g/mol. The Morgan fingerprint density at radius 3 is 2.60 bits per heavy atom. The molecule has 0 aliphatic carbocycles. The predicted molar refractivity (Wildman–Crippen MR) is 70.8 cm³/mol. The van der Waals surface area contributed by atoms with Gasteiger partial charge in [-0.05, 0) is 32.0 Å². The van der Waals surface area contributed by atoms with Gasteiger partial charge in [0.25, 0.3) is 9.05 Å². The topological polar surface area (TPSA) is 69.7 Å². The molecule has 1 unspecified atom stereocenters. The molecule has 112 valence electrons. The number of esters is 1. The van der Waals surface area contributed by atoms with Crippen LogP contribution in [0.4, 0.5) is 4.39 Å². The first kappa shape index (κ1) is 16.9. The zero-order chi connectivity index (χ0) is 15.3. The van der Waals surface area contributed by atoms with E-state index in [1.165, 1.54) is 0 Å². The van der Waals surface area contributed by atoms with Crippen LogP contribution in [-0.2, 0) is 18.5 Å². The van der Waals surface area contributed by atoms with Crippen molar-refractivity contribution in [2.24, 2.45) is 0 Å². The lowest BCUT2D eigenvalue weighted by Gasteiger charge is -2.13. The minimum atomic E-state index is -4.12. The molecule has 0 bridgehead atoms. The van der Waals surface area contributed by atoms with Gasteiger partial charge < -0.3 is 9.47 Å². The van der Waals surface area contributed by atoms with Gasteiger partial charge in [0, 0.05) is 17.3 Å². The fourth-order valence-electron chi connectivity index (χ4n) is 1.39. The summed E-state index contributed by atoms with van der Waals surface area (Å²) in [6, 6.07) is 2.56. The summed E-state index contributed by atoms with van der Waals surface area (Å²) < 4.78 is 45.7. The Morgan fingerprint density at radius 2 is 2.05 bits per heavy atom. The van der Waals surface area contributed by atoms with Crippen LogP contribution in [0.3, 0.4) is 0 Å². The summed E-state index contributed by atoms with van der Waals surface area (Å²) in [4.78, 5) is 11.3. The van der Waals surface area contributed by atoms with E-state index in [1.807, 2.05) is 0 Å². The Balaban J connectivity index is 2.91. The third kappa shape index (κ3) is 5.07. The molecule has 0 aliphatic heterocycles. The molecular formula is C12H14ClFO5S. The monoisotopic (exact) mass is 324 g/mol. The zero-order valence-corrected chi connectivity index (χ0v) is 12.5. The molecule has 0 heterocycles. The summed E-state index contributed by atoms with van der Waals surface area (Å²) in [6.07, 6.45) is -0.540. The number of carbonyl (C=O) groups is 1. The van der Waals surface area contributed by atoms with Gasteiger partial charge in [-0.25, -0.2) is 17.6 Å². The number of hydrogen-bond acceptors (Lipinski definition) is 5. The number of ether oxygens (including phenoxy) is 2. The van der Waals surface area contributed by atoms with Crippen LogP contribution in [0.25, 0.3) is 0 Å². The van der Waals surface area contributed by atoms with Crippen LogP contribution in [0.2, 0.25) is 0 Å². The van der Waals surface area contributed by atoms with E-state index < -0.39 is 31.8 Å². The van der Waals surface area contributed by atoms with Crippen molar-refractivity contribution in [1.82, 2.24) is 0 Å². The van der Waals surface area contributed by atoms with Crippen LogP contribution in [0.1, 0.15) is 24.2 Å². The summed E-state index contributed by atoms with van der Waals surface area (Å²) in [5.74, 6) is -1.74. The molecule has 0 aromatic heterocycles. The van der Waals surface area contributed by atoms with Gasteiger partial charge in [-0.1, -0.05) is 0 Å². The van der Waals surface area contributed by atoms with E-state index in [-0.39, 0.29) is 12.2 Å². The van der Waals surface area contributed by atoms with Crippen molar-refractivity contribution in [2.75, 3.05) is 13.2 Å². The van der Waals surface area contributed by atoms with Crippen LogP contribution in [0, 0.1) is 5.82 Å². The second-order valence-electron chi connectivity index (χ2n) is 3.99. The number of benzene rings is 1. The summed E-state index contributed by atoms with van der Waals surface area (Å²) in [5.41, 5.74) is -0.229. The van der Waals surface area contributed by atoms with E-state index in [0.717, 1.165) is 18.2 Å². The molecule has 0 saturated carbocycles. The molecule has 1 aromatic carbocycles. The fourth-order valence-corrected chi connectivity index (χ4v) is 2.18. The van der Waals surface area contributed by atoms with Crippen molar-refractivity contribution in [3.63, 3.8) is 0 Å². The molecule has 0 spiro atoms. The maximum atomic E-state index is 13.3. The first-order valence-electron chi connectivity index (χ1n) is 5.78. The summed E-state index contributed by atoms with van der Waals surface area (Å²) in [5, 5.41) is 0. The molecular weight excluding hydrogens is 311 g/mol. The lowest BCUT2D eigenvalue weighted by molar-refractivity contribution is 0.00433.